The van der Waals surface area contributed by atoms with Gasteiger partial charge in [-0.15, -0.1) is 24.0 Å². The van der Waals surface area contributed by atoms with Crippen LogP contribution in [0.2, 0.25) is 0 Å². The molecule has 26 heavy (non-hydrogen) atoms. The molecule has 5 nitrogen and oxygen atoms in total. The smallest absolute Gasteiger partial charge is 0.251 e. The van der Waals surface area contributed by atoms with Crippen molar-refractivity contribution in [3.63, 3.8) is 0 Å². The molecule has 0 amide bonds. The van der Waals surface area contributed by atoms with E-state index in [4.69, 9.17) is 0 Å². The Morgan fingerprint density at radius 1 is 1.35 bits per heavy atom. The van der Waals surface area contributed by atoms with Gasteiger partial charge in [0.15, 0.2) is 17.5 Å². The maximum atomic E-state index is 13.4. The fraction of sp³-hybridized carbons (Fsp3) is 0.588. The zero-order chi connectivity index (χ0) is 18.2. The van der Waals surface area contributed by atoms with Crippen molar-refractivity contribution in [1.29, 1.82) is 0 Å². The molecule has 0 spiro atoms. The van der Waals surface area contributed by atoms with Gasteiger partial charge in [0.1, 0.15) is 0 Å². The average Bonchev–Trinajstić information content (AvgIpc) is 2.57. The van der Waals surface area contributed by atoms with Crippen LogP contribution >= 0.6 is 24.0 Å². The normalized spacial score (nSPS) is 16.4. The zero-order valence-corrected chi connectivity index (χ0v) is 17.1. The second kappa shape index (κ2) is 11.5. The third-order valence-corrected chi connectivity index (χ3v) is 4.10. The lowest BCUT2D eigenvalue weighted by Crippen LogP contribution is -2.49. The molecular weight excluding hydrogens is 460 g/mol. The number of benzene rings is 1. The van der Waals surface area contributed by atoms with Crippen molar-refractivity contribution >= 4 is 29.9 Å². The number of phenolic OH excluding ortho intramolecular Hbond substituents is 1. The van der Waals surface area contributed by atoms with Crippen LogP contribution in [0.25, 0.3) is 0 Å². The van der Waals surface area contributed by atoms with E-state index in [1.807, 2.05) is 6.92 Å². The molecule has 1 saturated heterocycles. The van der Waals surface area contributed by atoms with Gasteiger partial charge in [-0.25, -0.2) is 18.2 Å². The predicted octanol–water partition coefficient (Wildman–Crippen LogP) is 2.93. The Labute approximate surface area is 169 Å². The van der Waals surface area contributed by atoms with E-state index in [9.17, 15) is 18.3 Å². The summed E-state index contributed by atoms with van der Waals surface area (Å²) >= 11 is 0. The highest BCUT2D eigenvalue weighted by atomic mass is 127. The van der Waals surface area contributed by atoms with Gasteiger partial charge in [-0.3, -0.25) is 4.90 Å². The Morgan fingerprint density at radius 2 is 2.04 bits per heavy atom. The number of hydrogen-bond acceptors (Lipinski definition) is 3. The van der Waals surface area contributed by atoms with Crippen molar-refractivity contribution in [3.8, 4) is 5.75 Å². The van der Waals surface area contributed by atoms with E-state index >= 15 is 0 Å². The molecule has 1 aromatic carbocycles. The van der Waals surface area contributed by atoms with E-state index < -0.39 is 12.2 Å². The van der Waals surface area contributed by atoms with E-state index in [-0.39, 0.29) is 48.9 Å². The molecule has 148 valence electrons. The lowest BCUT2D eigenvalue weighted by Gasteiger charge is -2.32. The largest absolute Gasteiger partial charge is 0.505 e. The Balaban J connectivity index is 0.00000338. The van der Waals surface area contributed by atoms with Crippen molar-refractivity contribution < 1.29 is 18.3 Å². The summed E-state index contributed by atoms with van der Waals surface area (Å²) in [4.78, 5) is 6.20. The van der Waals surface area contributed by atoms with Crippen LogP contribution in [0.5, 0.6) is 5.75 Å². The van der Waals surface area contributed by atoms with Crippen molar-refractivity contribution in [2.45, 2.75) is 38.8 Å². The summed E-state index contributed by atoms with van der Waals surface area (Å²) in [5.74, 6) is -0.436. The Kier molecular flexibility index (Phi) is 10.1. The molecule has 1 aliphatic heterocycles. The topological polar surface area (TPSA) is 59.9 Å². The maximum Gasteiger partial charge on any atom is 0.251 e. The second-order valence-electron chi connectivity index (χ2n) is 6.09. The highest BCUT2D eigenvalue weighted by Gasteiger charge is 2.21. The molecule has 0 saturated carbocycles. The summed E-state index contributed by atoms with van der Waals surface area (Å²) in [6.45, 7) is 3.99. The van der Waals surface area contributed by atoms with Crippen LogP contribution < -0.4 is 10.6 Å². The monoisotopic (exact) mass is 486 g/mol. The minimum absolute atomic E-state index is 0. The summed E-state index contributed by atoms with van der Waals surface area (Å²) in [6.07, 6.45) is -0.759. The van der Waals surface area contributed by atoms with Gasteiger partial charge in [0.2, 0.25) is 0 Å². The number of nitrogens with zero attached hydrogens (tertiary/aromatic N) is 2. The maximum absolute atomic E-state index is 13.4. The fourth-order valence-corrected chi connectivity index (χ4v) is 2.79. The zero-order valence-electron chi connectivity index (χ0n) is 14.7. The Hall–Kier alpha value is -1.23. The first-order valence-electron chi connectivity index (χ1n) is 8.50. The van der Waals surface area contributed by atoms with Gasteiger partial charge in [-0.2, -0.15) is 0 Å². The molecule has 1 aliphatic rings. The van der Waals surface area contributed by atoms with Crippen molar-refractivity contribution in [2.24, 2.45) is 4.99 Å². The van der Waals surface area contributed by atoms with Gasteiger partial charge in [0.25, 0.3) is 6.43 Å². The van der Waals surface area contributed by atoms with Crippen LogP contribution in [-0.2, 0) is 6.54 Å². The van der Waals surface area contributed by atoms with Crippen molar-refractivity contribution in [3.05, 3.63) is 29.6 Å². The van der Waals surface area contributed by atoms with Gasteiger partial charge < -0.3 is 15.7 Å². The summed E-state index contributed by atoms with van der Waals surface area (Å²) in [6, 6.07) is 4.35. The molecule has 1 aromatic rings. The van der Waals surface area contributed by atoms with E-state index in [1.54, 1.807) is 11.0 Å². The molecule has 3 N–H and O–H groups in total. The average molecular weight is 486 g/mol. The second-order valence-corrected chi connectivity index (χ2v) is 6.09. The number of likely N-dealkylation sites (tertiary alicyclic amines) is 1. The van der Waals surface area contributed by atoms with E-state index in [0.29, 0.717) is 31.2 Å². The van der Waals surface area contributed by atoms with Crippen LogP contribution in [0.1, 0.15) is 25.3 Å². The number of nitrogens with one attached hydrogen (secondary N) is 2. The molecule has 0 aromatic heterocycles. The fourth-order valence-electron chi connectivity index (χ4n) is 2.79. The molecule has 0 unspecified atom stereocenters. The number of aliphatic imine (C=N–C) groups is 1. The van der Waals surface area contributed by atoms with Crippen LogP contribution in [0, 0.1) is 5.82 Å². The first kappa shape index (κ1) is 22.8. The molecule has 0 bridgehead atoms. The number of halogens is 4. The number of phenols is 1. The van der Waals surface area contributed by atoms with Gasteiger partial charge in [-0.1, -0.05) is 6.07 Å². The standard InChI is InChI=1S/C17H25F3N4O.HI/c1-2-21-17(22-10-12-3-4-15(25)14(18)9-12)23-13-5-7-24(8-6-13)11-16(19)20;/h3-4,9,13,16,25H,2,5-8,10-11H2,1H3,(H2,21,22,23);1H. The molecule has 1 fully saturated rings. The summed E-state index contributed by atoms with van der Waals surface area (Å²) in [5.41, 5.74) is 0.652. The number of piperidine rings is 1. The van der Waals surface area contributed by atoms with E-state index in [0.717, 1.165) is 12.8 Å². The molecule has 0 radical (unpaired) electrons. The third-order valence-electron chi connectivity index (χ3n) is 4.10. The molecule has 2 rings (SSSR count). The Bertz CT molecular complexity index is 581. The van der Waals surface area contributed by atoms with E-state index in [1.165, 1.54) is 12.1 Å². The van der Waals surface area contributed by atoms with E-state index in [2.05, 4.69) is 15.6 Å². The summed E-state index contributed by atoms with van der Waals surface area (Å²) in [5, 5.41) is 15.7. The van der Waals surface area contributed by atoms with Gasteiger partial charge in [0.05, 0.1) is 13.1 Å². The van der Waals surface area contributed by atoms with Crippen LogP contribution in [0.15, 0.2) is 23.2 Å². The van der Waals surface area contributed by atoms with Gasteiger partial charge in [-0.05, 0) is 37.5 Å². The lowest BCUT2D eigenvalue weighted by molar-refractivity contribution is 0.0744. The first-order valence-corrected chi connectivity index (χ1v) is 8.50. The number of alkyl halides is 2. The Morgan fingerprint density at radius 3 is 2.62 bits per heavy atom. The van der Waals surface area contributed by atoms with Gasteiger partial charge in [0, 0.05) is 25.7 Å². The molecule has 0 atom stereocenters. The molecule has 9 heteroatoms. The molecular formula is C17H26F3IN4O. The predicted molar refractivity (Wildman–Crippen MR) is 107 cm³/mol. The summed E-state index contributed by atoms with van der Waals surface area (Å²) < 4.78 is 38.2. The highest BCUT2D eigenvalue weighted by molar-refractivity contribution is 14.0. The molecule has 1 heterocycles. The number of rotatable bonds is 6. The number of guanidine groups is 1. The lowest BCUT2D eigenvalue weighted by atomic mass is 10.1. The first-order chi connectivity index (χ1) is 12.0. The molecule has 0 aliphatic carbocycles. The van der Waals surface area contributed by atoms with Crippen LogP contribution in [-0.4, -0.2) is 54.6 Å². The van der Waals surface area contributed by atoms with Crippen LogP contribution in [0.4, 0.5) is 13.2 Å². The van der Waals surface area contributed by atoms with Crippen LogP contribution in [0.3, 0.4) is 0 Å². The minimum atomic E-state index is -2.30. The van der Waals surface area contributed by atoms with Crippen molar-refractivity contribution in [1.82, 2.24) is 15.5 Å². The van der Waals surface area contributed by atoms with Crippen molar-refractivity contribution in [2.75, 3.05) is 26.2 Å². The van der Waals surface area contributed by atoms with Gasteiger partial charge >= 0.3 is 0 Å². The highest BCUT2D eigenvalue weighted by Crippen LogP contribution is 2.17. The number of aromatic hydroxyl groups is 1. The SMILES string of the molecule is CCNC(=NCc1ccc(O)c(F)c1)NC1CCN(CC(F)F)CC1.I. The summed E-state index contributed by atoms with van der Waals surface area (Å²) in [7, 11) is 0. The number of hydrogen-bond donors (Lipinski definition) is 3. The quantitative estimate of drug-likeness (QED) is 0.329. The minimum Gasteiger partial charge on any atom is -0.505 e. The third kappa shape index (κ3) is 7.56.